The number of fused-ring (bicyclic) bond motifs is 2. The Hall–Kier alpha value is -2.83. The quantitative estimate of drug-likeness (QED) is 0.905. The van der Waals surface area contributed by atoms with Crippen LogP contribution in [0.15, 0.2) is 24.3 Å². The van der Waals surface area contributed by atoms with Gasteiger partial charge in [-0.15, -0.1) is 0 Å². The monoisotopic (exact) mass is 355 g/mol. The summed E-state index contributed by atoms with van der Waals surface area (Å²) in [5.41, 5.74) is 3.51. The van der Waals surface area contributed by atoms with Crippen molar-refractivity contribution in [2.24, 2.45) is 0 Å². The molecule has 4 rings (SSSR count). The number of ether oxygens (including phenoxy) is 1. The molecule has 1 amide bonds. The van der Waals surface area contributed by atoms with E-state index in [1.807, 2.05) is 33.8 Å². The third-order valence-electron chi connectivity index (χ3n) is 4.88. The second-order valence-corrected chi connectivity index (χ2v) is 6.75. The Bertz CT molecular complexity index is 858. The standard InChI is InChI=1S/C19H21N3O4/c23-18(24)5-3-15-11-16-12-21(7-1-8-22(16)20-15)19(25)14-2-4-17-13(10-14)6-9-26-17/h2,4,10-11H,1,3,5-9,12H2,(H,23,24). The third-order valence-corrected chi connectivity index (χ3v) is 4.88. The van der Waals surface area contributed by atoms with Gasteiger partial charge < -0.3 is 14.7 Å². The lowest BCUT2D eigenvalue weighted by molar-refractivity contribution is -0.136. The van der Waals surface area contributed by atoms with Crippen molar-refractivity contribution in [2.75, 3.05) is 13.2 Å². The van der Waals surface area contributed by atoms with Crippen LogP contribution in [0, 0.1) is 0 Å². The molecule has 2 aromatic rings. The van der Waals surface area contributed by atoms with Crippen LogP contribution in [-0.4, -0.2) is 44.8 Å². The highest BCUT2D eigenvalue weighted by Gasteiger charge is 2.23. The summed E-state index contributed by atoms with van der Waals surface area (Å²) in [6, 6.07) is 7.56. The van der Waals surface area contributed by atoms with Crippen molar-refractivity contribution in [3.63, 3.8) is 0 Å². The molecule has 0 radical (unpaired) electrons. The molecule has 0 spiro atoms. The van der Waals surface area contributed by atoms with Crippen molar-refractivity contribution in [1.82, 2.24) is 14.7 Å². The fourth-order valence-corrected chi connectivity index (χ4v) is 3.55. The van der Waals surface area contributed by atoms with E-state index in [0.29, 0.717) is 31.7 Å². The second-order valence-electron chi connectivity index (χ2n) is 6.75. The van der Waals surface area contributed by atoms with E-state index in [2.05, 4.69) is 5.10 Å². The first-order valence-electron chi connectivity index (χ1n) is 8.92. The van der Waals surface area contributed by atoms with Gasteiger partial charge in [-0.1, -0.05) is 0 Å². The molecule has 26 heavy (non-hydrogen) atoms. The predicted molar refractivity (Wildman–Crippen MR) is 93.2 cm³/mol. The van der Waals surface area contributed by atoms with E-state index in [-0.39, 0.29) is 12.3 Å². The van der Waals surface area contributed by atoms with E-state index >= 15 is 0 Å². The summed E-state index contributed by atoms with van der Waals surface area (Å²) in [5.74, 6) is 0.0607. The van der Waals surface area contributed by atoms with Gasteiger partial charge in [0.1, 0.15) is 5.75 Å². The van der Waals surface area contributed by atoms with Crippen molar-refractivity contribution < 1.29 is 19.4 Å². The lowest BCUT2D eigenvalue weighted by Gasteiger charge is -2.20. The van der Waals surface area contributed by atoms with E-state index in [1.54, 1.807) is 0 Å². The average molecular weight is 355 g/mol. The number of carboxylic acid groups (broad SMARTS) is 1. The summed E-state index contributed by atoms with van der Waals surface area (Å²) in [5, 5.41) is 13.3. The lowest BCUT2D eigenvalue weighted by Crippen LogP contribution is -2.30. The fraction of sp³-hybridized carbons (Fsp3) is 0.421. The topological polar surface area (TPSA) is 84.7 Å². The van der Waals surface area contributed by atoms with Crippen LogP contribution >= 0.6 is 0 Å². The molecule has 2 aliphatic heterocycles. The SMILES string of the molecule is O=C(O)CCc1cc2n(n1)CCCN(C(=O)c1ccc3c(c1)CCO3)C2. The first kappa shape index (κ1) is 16.6. The van der Waals surface area contributed by atoms with Crippen LogP contribution in [0.2, 0.25) is 0 Å². The molecule has 7 heteroatoms. The number of carbonyl (C=O) groups is 2. The van der Waals surface area contributed by atoms with Crippen molar-refractivity contribution >= 4 is 11.9 Å². The minimum Gasteiger partial charge on any atom is -0.493 e. The zero-order chi connectivity index (χ0) is 18.1. The Kier molecular flexibility index (Phi) is 4.36. The van der Waals surface area contributed by atoms with Crippen molar-refractivity contribution in [3.05, 3.63) is 46.8 Å². The van der Waals surface area contributed by atoms with Crippen LogP contribution in [-0.2, 0) is 30.7 Å². The van der Waals surface area contributed by atoms with Crippen molar-refractivity contribution in [1.29, 1.82) is 0 Å². The summed E-state index contributed by atoms with van der Waals surface area (Å²) in [6.07, 6.45) is 2.15. The molecule has 0 aliphatic carbocycles. The van der Waals surface area contributed by atoms with Gasteiger partial charge in [0.05, 0.1) is 31.0 Å². The van der Waals surface area contributed by atoms with Gasteiger partial charge >= 0.3 is 5.97 Å². The van der Waals surface area contributed by atoms with Gasteiger partial charge in [-0.05, 0) is 36.2 Å². The number of hydrogen-bond donors (Lipinski definition) is 1. The molecule has 1 aromatic carbocycles. The number of hydrogen-bond acceptors (Lipinski definition) is 4. The Morgan fingerprint density at radius 3 is 2.96 bits per heavy atom. The number of aromatic nitrogens is 2. The molecular weight excluding hydrogens is 334 g/mol. The van der Waals surface area contributed by atoms with Crippen LogP contribution in [0.25, 0.3) is 0 Å². The Balaban J connectivity index is 1.51. The van der Waals surface area contributed by atoms with Crippen LogP contribution in [0.5, 0.6) is 5.75 Å². The summed E-state index contributed by atoms with van der Waals surface area (Å²) in [7, 11) is 0. The molecule has 136 valence electrons. The number of carbonyl (C=O) groups excluding carboxylic acids is 1. The van der Waals surface area contributed by atoms with Gasteiger partial charge in [0.2, 0.25) is 0 Å². The minimum absolute atomic E-state index is 0.0152. The summed E-state index contributed by atoms with van der Waals surface area (Å²) in [4.78, 5) is 25.6. The molecule has 0 saturated carbocycles. The van der Waals surface area contributed by atoms with Crippen LogP contribution < -0.4 is 4.74 Å². The largest absolute Gasteiger partial charge is 0.493 e. The number of nitrogens with zero attached hydrogens (tertiary/aromatic N) is 3. The Labute approximate surface area is 151 Å². The van der Waals surface area contributed by atoms with E-state index in [9.17, 15) is 9.59 Å². The van der Waals surface area contributed by atoms with E-state index < -0.39 is 5.97 Å². The summed E-state index contributed by atoms with van der Waals surface area (Å²) in [6.45, 7) is 2.59. The smallest absolute Gasteiger partial charge is 0.303 e. The maximum absolute atomic E-state index is 13.0. The summed E-state index contributed by atoms with van der Waals surface area (Å²) < 4.78 is 7.41. The molecule has 0 bridgehead atoms. The Morgan fingerprint density at radius 1 is 1.23 bits per heavy atom. The maximum Gasteiger partial charge on any atom is 0.303 e. The Morgan fingerprint density at radius 2 is 2.12 bits per heavy atom. The molecule has 0 saturated heterocycles. The normalized spacial score (nSPS) is 15.8. The second kappa shape index (κ2) is 6.82. The fourth-order valence-electron chi connectivity index (χ4n) is 3.55. The first-order valence-corrected chi connectivity index (χ1v) is 8.92. The maximum atomic E-state index is 13.0. The number of amides is 1. The summed E-state index contributed by atoms with van der Waals surface area (Å²) >= 11 is 0. The van der Waals surface area contributed by atoms with Gasteiger partial charge in [-0.3, -0.25) is 14.3 Å². The van der Waals surface area contributed by atoms with Gasteiger partial charge in [-0.2, -0.15) is 5.10 Å². The molecule has 7 nitrogen and oxygen atoms in total. The first-order chi connectivity index (χ1) is 12.6. The zero-order valence-electron chi connectivity index (χ0n) is 14.5. The zero-order valence-corrected chi connectivity index (χ0v) is 14.5. The number of carboxylic acids is 1. The molecule has 3 heterocycles. The molecule has 0 fully saturated rings. The number of aliphatic carboxylic acids is 1. The van der Waals surface area contributed by atoms with Crippen LogP contribution in [0.4, 0.5) is 0 Å². The number of rotatable bonds is 4. The van der Waals surface area contributed by atoms with Crippen LogP contribution in [0.3, 0.4) is 0 Å². The van der Waals surface area contributed by atoms with Gasteiger partial charge in [-0.25, -0.2) is 0 Å². The van der Waals surface area contributed by atoms with E-state index in [0.717, 1.165) is 42.1 Å². The molecule has 1 aromatic heterocycles. The molecular formula is C19H21N3O4. The molecule has 2 aliphatic rings. The molecule has 0 unspecified atom stereocenters. The number of aryl methyl sites for hydroxylation is 2. The predicted octanol–water partition coefficient (Wildman–Crippen LogP) is 1.88. The highest BCUT2D eigenvalue weighted by Crippen LogP contribution is 2.27. The number of benzene rings is 1. The van der Waals surface area contributed by atoms with E-state index in [1.165, 1.54) is 0 Å². The average Bonchev–Trinajstić information content (AvgIpc) is 3.20. The highest BCUT2D eigenvalue weighted by molar-refractivity contribution is 5.94. The van der Waals surface area contributed by atoms with Gasteiger partial charge in [0, 0.05) is 31.5 Å². The van der Waals surface area contributed by atoms with Crippen molar-refractivity contribution in [3.8, 4) is 5.75 Å². The third kappa shape index (κ3) is 3.29. The van der Waals surface area contributed by atoms with Crippen molar-refractivity contribution in [2.45, 2.75) is 38.8 Å². The lowest BCUT2D eigenvalue weighted by atomic mass is 10.1. The molecule has 1 N–H and O–H groups in total. The van der Waals surface area contributed by atoms with Gasteiger partial charge in [0.25, 0.3) is 5.91 Å². The van der Waals surface area contributed by atoms with Crippen LogP contribution in [0.1, 0.15) is 40.2 Å². The molecule has 0 atom stereocenters. The van der Waals surface area contributed by atoms with Gasteiger partial charge in [0.15, 0.2) is 0 Å². The minimum atomic E-state index is -0.828. The van der Waals surface area contributed by atoms with E-state index in [4.69, 9.17) is 9.84 Å². The highest BCUT2D eigenvalue weighted by atomic mass is 16.5.